The quantitative estimate of drug-likeness (QED) is 0.884. The molecule has 0 fully saturated rings. The Kier molecular flexibility index (Phi) is 5.52. The van der Waals surface area contributed by atoms with Gasteiger partial charge in [0.15, 0.2) is 0 Å². The van der Waals surface area contributed by atoms with Gasteiger partial charge in [0, 0.05) is 12.1 Å². The second-order valence-electron chi connectivity index (χ2n) is 5.63. The van der Waals surface area contributed by atoms with E-state index in [2.05, 4.69) is 10.6 Å². The van der Waals surface area contributed by atoms with Gasteiger partial charge in [-0.2, -0.15) is 0 Å². The molecule has 0 unspecified atom stereocenters. The summed E-state index contributed by atoms with van der Waals surface area (Å²) in [7, 11) is 0. The standard InChI is InChI=1S/C19H22N2O2/c1-4-9-20-19(23)16-7-5-6-8-17(16)21-18(22)15-11-13(2)10-14(3)12-15/h5-8,10-12H,4,9H2,1-3H3,(H,20,23)(H,21,22). The largest absolute Gasteiger partial charge is 0.352 e. The summed E-state index contributed by atoms with van der Waals surface area (Å²) >= 11 is 0. The third kappa shape index (κ3) is 4.42. The van der Waals surface area contributed by atoms with Crippen LogP contribution in [0.25, 0.3) is 0 Å². The summed E-state index contributed by atoms with van der Waals surface area (Å²) in [6.45, 7) is 6.51. The molecular weight excluding hydrogens is 288 g/mol. The van der Waals surface area contributed by atoms with E-state index < -0.39 is 0 Å². The van der Waals surface area contributed by atoms with E-state index in [-0.39, 0.29) is 11.8 Å². The zero-order chi connectivity index (χ0) is 16.8. The van der Waals surface area contributed by atoms with Crippen LogP contribution in [0.2, 0.25) is 0 Å². The van der Waals surface area contributed by atoms with Crippen molar-refractivity contribution in [2.24, 2.45) is 0 Å². The van der Waals surface area contributed by atoms with Crippen LogP contribution in [-0.2, 0) is 0 Å². The van der Waals surface area contributed by atoms with Crippen molar-refractivity contribution >= 4 is 17.5 Å². The van der Waals surface area contributed by atoms with Crippen LogP contribution < -0.4 is 10.6 Å². The molecule has 0 heterocycles. The molecule has 0 spiro atoms. The average molecular weight is 310 g/mol. The summed E-state index contributed by atoms with van der Waals surface area (Å²) in [6, 6.07) is 12.7. The number of benzene rings is 2. The summed E-state index contributed by atoms with van der Waals surface area (Å²) in [5.41, 5.74) is 3.64. The molecule has 4 nitrogen and oxygen atoms in total. The van der Waals surface area contributed by atoms with Crippen LogP contribution in [0.3, 0.4) is 0 Å². The molecule has 2 amide bonds. The summed E-state index contributed by atoms with van der Waals surface area (Å²) < 4.78 is 0. The van der Waals surface area contributed by atoms with Crippen molar-refractivity contribution in [2.75, 3.05) is 11.9 Å². The molecule has 0 aliphatic carbocycles. The summed E-state index contributed by atoms with van der Waals surface area (Å²) in [4.78, 5) is 24.7. The Labute approximate surface area is 136 Å². The molecule has 0 bridgehead atoms. The molecular formula is C19H22N2O2. The SMILES string of the molecule is CCCNC(=O)c1ccccc1NC(=O)c1cc(C)cc(C)c1. The summed E-state index contributed by atoms with van der Waals surface area (Å²) in [5, 5.41) is 5.67. The van der Waals surface area contributed by atoms with E-state index in [1.807, 2.05) is 39.0 Å². The summed E-state index contributed by atoms with van der Waals surface area (Å²) in [6.07, 6.45) is 0.864. The van der Waals surface area contributed by atoms with Crippen LogP contribution in [0, 0.1) is 13.8 Å². The van der Waals surface area contributed by atoms with E-state index in [0.717, 1.165) is 17.5 Å². The first kappa shape index (κ1) is 16.7. The minimum absolute atomic E-state index is 0.178. The van der Waals surface area contributed by atoms with Crippen LogP contribution in [0.1, 0.15) is 45.2 Å². The van der Waals surface area contributed by atoms with Gasteiger partial charge in [-0.1, -0.05) is 36.2 Å². The number of carbonyl (C=O) groups is 2. The molecule has 0 aromatic heterocycles. The molecule has 2 aromatic rings. The van der Waals surface area contributed by atoms with Gasteiger partial charge in [0.05, 0.1) is 11.3 Å². The maximum absolute atomic E-state index is 12.5. The van der Waals surface area contributed by atoms with Gasteiger partial charge in [0.1, 0.15) is 0 Å². The van der Waals surface area contributed by atoms with Crippen molar-refractivity contribution in [3.63, 3.8) is 0 Å². The lowest BCUT2D eigenvalue weighted by atomic mass is 10.1. The van der Waals surface area contributed by atoms with Crippen LogP contribution >= 0.6 is 0 Å². The van der Waals surface area contributed by atoms with Gasteiger partial charge in [-0.25, -0.2) is 0 Å². The number of hydrogen-bond donors (Lipinski definition) is 2. The molecule has 2 aromatic carbocycles. The Hall–Kier alpha value is -2.62. The lowest BCUT2D eigenvalue weighted by molar-refractivity contribution is 0.0954. The second-order valence-corrected chi connectivity index (χ2v) is 5.63. The summed E-state index contributed by atoms with van der Waals surface area (Å²) in [5.74, 6) is -0.393. The highest BCUT2D eigenvalue weighted by Gasteiger charge is 2.14. The minimum Gasteiger partial charge on any atom is -0.352 e. The maximum Gasteiger partial charge on any atom is 0.255 e. The van der Waals surface area contributed by atoms with Gasteiger partial charge >= 0.3 is 0 Å². The third-order valence-electron chi connectivity index (χ3n) is 3.44. The van der Waals surface area contributed by atoms with Gasteiger partial charge in [-0.05, 0) is 44.5 Å². The molecule has 4 heteroatoms. The Morgan fingerprint density at radius 3 is 2.26 bits per heavy atom. The van der Waals surface area contributed by atoms with Gasteiger partial charge < -0.3 is 10.6 Å². The molecule has 0 aliphatic heterocycles. The number of aryl methyl sites for hydroxylation is 2. The number of amides is 2. The van der Waals surface area contributed by atoms with Crippen molar-refractivity contribution in [3.8, 4) is 0 Å². The molecule has 0 saturated heterocycles. The maximum atomic E-state index is 12.5. The van der Waals surface area contributed by atoms with E-state index in [4.69, 9.17) is 0 Å². The zero-order valence-electron chi connectivity index (χ0n) is 13.8. The van der Waals surface area contributed by atoms with Gasteiger partial charge in [-0.3, -0.25) is 9.59 Å². The molecule has 2 N–H and O–H groups in total. The second kappa shape index (κ2) is 7.58. The number of anilines is 1. The van der Waals surface area contributed by atoms with Crippen LogP contribution in [0.4, 0.5) is 5.69 Å². The molecule has 120 valence electrons. The van der Waals surface area contributed by atoms with E-state index in [1.165, 1.54) is 0 Å². The fourth-order valence-corrected chi connectivity index (χ4v) is 2.42. The zero-order valence-corrected chi connectivity index (χ0v) is 13.8. The lowest BCUT2D eigenvalue weighted by Gasteiger charge is -2.12. The molecule has 0 atom stereocenters. The third-order valence-corrected chi connectivity index (χ3v) is 3.44. The van der Waals surface area contributed by atoms with Gasteiger partial charge in [0.2, 0.25) is 0 Å². The Morgan fingerprint density at radius 2 is 1.61 bits per heavy atom. The normalized spacial score (nSPS) is 10.2. The van der Waals surface area contributed by atoms with Gasteiger partial charge in [0.25, 0.3) is 11.8 Å². The fourth-order valence-electron chi connectivity index (χ4n) is 2.42. The van der Waals surface area contributed by atoms with Crippen molar-refractivity contribution in [1.82, 2.24) is 5.32 Å². The smallest absolute Gasteiger partial charge is 0.255 e. The van der Waals surface area contributed by atoms with E-state index in [0.29, 0.717) is 23.4 Å². The van der Waals surface area contributed by atoms with Gasteiger partial charge in [-0.15, -0.1) is 0 Å². The minimum atomic E-state index is -0.215. The predicted molar refractivity (Wildman–Crippen MR) is 92.9 cm³/mol. The van der Waals surface area contributed by atoms with Crippen molar-refractivity contribution in [3.05, 3.63) is 64.7 Å². The Bertz CT molecular complexity index is 703. The first-order chi connectivity index (χ1) is 11.0. The highest BCUT2D eigenvalue weighted by atomic mass is 16.2. The first-order valence-corrected chi connectivity index (χ1v) is 7.78. The molecule has 2 rings (SSSR count). The monoisotopic (exact) mass is 310 g/mol. The van der Waals surface area contributed by atoms with Crippen molar-refractivity contribution in [2.45, 2.75) is 27.2 Å². The Morgan fingerprint density at radius 1 is 0.957 bits per heavy atom. The number of rotatable bonds is 5. The van der Waals surface area contributed by atoms with E-state index >= 15 is 0 Å². The molecule has 0 saturated carbocycles. The molecule has 0 aliphatic rings. The Balaban J connectivity index is 2.22. The predicted octanol–water partition coefficient (Wildman–Crippen LogP) is 3.70. The van der Waals surface area contributed by atoms with Crippen LogP contribution in [-0.4, -0.2) is 18.4 Å². The highest BCUT2D eigenvalue weighted by molar-refractivity contribution is 6.09. The number of nitrogens with one attached hydrogen (secondary N) is 2. The number of para-hydroxylation sites is 1. The number of hydrogen-bond acceptors (Lipinski definition) is 2. The van der Waals surface area contributed by atoms with Crippen LogP contribution in [0.5, 0.6) is 0 Å². The first-order valence-electron chi connectivity index (χ1n) is 7.78. The van der Waals surface area contributed by atoms with E-state index in [9.17, 15) is 9.59 Å². The van der Waals surface area contributed by atoms with Crippen molar-refractivity contribution in [1.29, 1.82) is 0 Å². The van der Waals surface area contributed by atoms with Crippen LogP contribution in [0.15, 0.2) is 42.5 Å². The van der Waals surface area contributed by atoms with E-state index in [1.54, 1.807) is 24.3 Å². The molecule has 0 radical (unpaired) electrons. The van der Waals surface area contributed by atoms with Crippen molar-refractivity contribution < 1.29 is 9.59 Å². The fraction of sp³-hybridized carbons (Fsp3) is 0.263. The highest BCUT2D eigenvalue weighted by Crippen LogP contribution is 2.17. The molecule has 23 heavy (non-hydrogen) atoms. The lowest BCUT2D eigenvalue weighted by Crippen LogP contribution is -2.25. The average Bonchev–Trinajstić information content (AvgIpc) is 2.52. The number of carbonyl (C=O) groups excluding carboxylic acids is 2. The topological polar surface area (TPSA) is 58.2 Å².